The van der Waals surface area contributed by atoms with Crippen LogP contribution in [0.4, 0.5) is 0 Å². The molecule has 1 saturated heterocycles. The SMILES string of the molecule is CNCCN(C)Cc1c[nH]nc1C1CC(C)(C)OC(C)(C)C1. The van der Waals surface area contributed by atoms with Crippen LogP contribution in [0.3, 0.4) is 0 Å². The molecule has 1 aliphatic rings. The second kappa shape index (κ2) is 6.69. The maximum atomic E-state index is 6.21. The summed E-state index contributed by atoms with van der Waals surface area (Å²) in [6.45, 7) is 11.7. The fraction of sp³-hybridized carbons (Fsp3) is 0.824. The lowest BCUT2D eigenvalue weighted by atomic mass is 9.78. The Balaban J connectivity index is 2.11. The van der Waals surface area contributed by atoms with Crippen LogP contribution in [-0.4, -0.2) is 53.5 Å². The zero-order valence-corrected chi connectivity index (χ0v) is 15.0. The van der Waals surface area contributed by atoms with E-state index >= 15 is 0 Å². The van der Waals surface area contributed by atoms with Gasteiger partial charge in [0, 0.05) is 37.3 Å². The molecule has 5 heteroatoms. The summed E-state index contributed by atoms with van der Waals surface area (Å²) in [6, 6.07) is 0. The first-order chi connectivity index (χ1) is 10.2. The predicted molar refractivity (Wildman–Crippen MR) is 90.1 cm³/mol. The van der Waals surface area contributed by atoms with Crippen molar-refractivity contribution in [2.75, 3.05) is 27.2 Å². The number of rotatable bonds is 6. The number of nitrogens with one attached hydrogen (secondary N) is 2. The molecule has 0 radical (unpaired) electrons. The highest BCUT2D eigenvalue weighted by Crippen LogP contribution is 2.43. The average Bonchev–Trinajstić information content (AvgIpc) is 2.80. The fourth-order valence-corrected chi connectivity index (χ4v) is 3.76. The molecule has 1 aromatic heterocycles. The molecule has 126 valence electrons. The minimum Gasteiger partial charge on any atom is -0.370 e. The zero-order valence-electron chi connectivity index (χ0n) is 15.0. The van der Waals surface area contributed by atoms with E-state index in [0.29, 0.717) is 5.92 Å². The maximum absolute atomic E-state index is 6.21. The number of likely N-dealkylation sites (N-methyl/N-ethyl adjacent to an activating group) is 2. The van der Waals surface area contributed by atoms with Gasteiger partial charge in [0.15, 0.2) is 0 Å². The summed E-state index contributed by atoms with van der Waals surface area (Å²) in [5.41, 5.74) is 2.35. The van der Waals surface area contributed by atoms with Crippen LogP contribution in [0.1, 0.15) is 57.7 Å². The Hall–Kier alpha value is -0.910. The first kappa shape index (κ1) is 17.4. The molecule has 0 aliphatic carbocycles. The largest absolute Gasteiger partial charge is 0.370 e. The van der Waals surface area contributed by atoms with E-state index < -0.39 is 0 Å². The van der Waals surface area contributed by atoms with E-state index in [4.69, 9.17) is 4.74 Å². The molecular weight excluding hydrogens is 276 g/mol. The van der Waals surface area contributed by atoms with E-state index in [1.165, 1.54) is 11.3 Å². The Labute approximate surface area is 134 Å². The van der Waals surface area contributed by atoms with E-state index in [0.717, 1.165) is 32.5 Å². The van der Waals surface area contributed by atoms with Crippen LogP contribution in [0.25, 0.3) is 0 Å². The number of H-pyrrole nitrogens is 1. The molecule has 2 heterocycles. The molecule has 2 rings (SSSR count). The summed E-state index contributed by atoms with van der Waals surface area (Å²) in [5.74, 6) is 0.456. The van der Waals surface area contributed by atoms with Crippen LogP contribution in [0.2, 0.25) is 0 Å². The minimum atomic E-state index is -0.0966. The number of nitrogens with zero attached hydrogens (tertiary/aromatic N) is 2. The molecule has 0 bridgehead atoms. The van der Waals surface area contributed by atoms with Gasteiger partial charge in [-0.15, -0.1) is 0 Å². The van der Waals surface area contributed by atoms with Gasteiger partial charge in [0.1, 0.15) is 0 Å². The third-order valence-electron chi connectivity index (χ3n) is 4.35. The van der Waals surface area contributed by atoms with Crippen LogP contribution in [0, 0.1) is 0 Å². The second-order valence-electron chi connectivity index (χ2n) is 7.86. The first-order valence-corrected chi connectivity index (χ1v) is 8.28. The number of ether oxygens (including phenoxy) is 1. The van der Waals surface area contributed by atoms with Crippen LogP contribution in [0.15, 0.2) is 6.20 Å². The van der Waals surface area contributed by atoms with Crippen molar-refractivity contribution in [3.05, 3.63) is 17.5 Å². The Morgan fingerprint density at radius 2 is 1.95 bits per heavy atom. The van der Waals surface area contributed by atoms with Gasteiger partial charge in [-0.2, -0.15) is 5.10 Å². The number of hydrogen-bond donors (Lipinski definition) is 2. The Kier molecular flexibility index (Phi) is 5.30. The van der Waals surface area contributed by atoms with Gasteiger partial charge >= 0.3 is 0 Å². The van der Waals surface area contributed by atoms with Gasteiger partial charge in [0.05, 0.1) is 16.9 Å². The van der Waals surface area contributed by atoms with E-state index in [1.807, 2.05) is 7.05 Å². The highest BCUT2D eigenvalue weighted by molar-refractivity contribution is 5.22. The fourth-order valence-electron chi connectivity index (χ4n) is 3.76. The number of aromatic nitrogens is 2. The van der Waals surface area contributed by atoms with Gasteiger partial charge in [-0.05, 0) is 54.6 Å². The Bertz CT molecular complexity index is 465. The summed E-state index contributed by atoms with van der Waals surface area (Å²) in [5, 5.41) is 10.9. The topological polar surface area (TPSA) is 53.2 Å². The standard InChI is InChI=1S/C17H32N4O/c1-16(2)9-13(10-17(3,4)22-16)15-14(11-19-20-15)12-21(6)8-7-18-5/h11,13,18H,7-10,12H2,1-6H3,(H,19,20). The monoisotopic (exact) mass is 308 g/mol. The number of hydrogen-bond acceptors (Lipinski definition) is 4. The lowest BCUT2D eigenvalue weighted by Crippen LogP contribution is -2.44. The summed E-state index contributed by atoms with van der Waals surface area (Å²) in [7, 11) is 4.15. The summed E-state index contributed by atoms with van der Waals surface area (Å²) < 4.78 is 6.21. The summed E-state index contributed by atoms with van der Waals surface area (Å²) in [4.78, 5) is 2.33. The predicted octanol–water partition coefficient (Wildman–Crippen LogP) is 2.51. The highest BCUT2D eigenvalue weighted by Gasteiger charge is 2.41. The average molecular weight is 308 g/mol. The summed E-state index contributed by atoms with van der Waals surface area (Å²) >= 11 is 0. The molecule has 0 spiro atoms. The van der Waals surface area contributed by atoms with E-state index in [1.54, 1.807) is 0 Å². The third-order valence-corrected chi connectivity index (χ3v) is 4.35. The zero-order chi connectivity index (χ0) is 16.4. The van der Waals surface area contributed by atoms with Crippen molar-refractivity contribution < 1.29 is 4.74 Å². The van der Waals surface area contributed by atoms with Crippen LogP contribution >= 0.6 is 0 Å². The molecule has 0 unspecified atom stereocenters. The molecule has 5 nitrogen and oxygen atoms in total. The Morgan fingerprint density at radius 1 is 1.32 bits per heavy atom. The van der Waals surface area contributed by atoms with Gasteiger partial charge in [-0.1, -0.05) is 0 Å². The van der Waals surface area contributed by atoms with Crippen LogP contribution in [-0.2, 0) is 11.3 Å². The van der Waals surface area contributed by atoms with Crippen LogP contribution in [0.5, 0.6) is 0 Å². The van der Waals surface area contributed by atoms with Gasteiger partial charge in [-0.25, -0.2) is 0 Å². The van der Waals surface area contributed by atoms with Crippen molar-refractivity contribution in [1.82, 2.24) is 20.4 Å². The first-order valence-electron chi connectivity index (χ1n) is 8.28. The van der Waals surface area contributed by atoms with Crippen molar-refractivity contribution >= 4 is 0 Å². The van der Waals surface area contributed by atoms with Crippen molar-refractivity contribution in [2.45, 2.75) is 64.2 Å². The number of aromatic amines is 1. The van der Waals surface area contributed by atoms with Gasteiger partial charge < -0.3 is 15.0 Å². The third kappa shape index (κ3) is 4.54. The molecule has 0 amide bonds. The van der Waals surface area contributed by atoms with Gasteiger partial charge in [-0.3, -0.25) is 5.10 Å². The van der Waals surface area contributed by atoms with E-state index in [-0.39, 0.29) is 11.2 Å². The minimum absolute atomic E-state index is 0.0966. The van der Waals surface area contributed by atoms with Crippen LogP contribution < -0.4 is 5.32 Å². The van der Waals surface area contributed by atoms with Crippen molar-refractivity contribution in [3.63, 3.8) is 0 Å². The normalized spacial score (nSPS) is 21.4. The summed E-state index contributed by atoms with van der Waals surface area (Å²) in [6.07, 6.45) is 4.10. The maximum Gasteiger partial charge on any atom is 0.0700 e. The lowest BCUT2D eigenvalue weighted by Gasteiger charge is -2.45. The highest BCUT2D eigenvalue weighted by atomic mass is 16.5. The van der Waals surface area contributed by atoms with Gasteiger partial charge in [0.25, 0.3) is 0 Å². The molecular formula is C17H32N4O. The van der Waals surface area contributed by atoms with E-state index in [2.05, 4.69) is 61.4 Å². The molecule has 0 saturated carbocycles. The molecule has 2 N–H and O–H groups in total. The van der Waals surface area contributed by atoms with Gasteiger partial charge in [0.2, 0.25) is 0 Å². The van der Waals surface area contributed by atoms with Crippen molar-refractivity contribution in [1.29, 1.82) is 0 Å². The van der Waals surface area contributed by atoms with Crippen molar-refractivity contribution in [2.24, 2.45) is 0 Å². The lowest BCUT2D eigenvalue weighted by molar-refractivity contribution is -0.162. The Morgan fingerprint density at radius 3 is 2.55 bits per heavy atom. The molecule has 0 aromatic carbocycles. The molecule has 1 aromatic rings. The van der Waals surface area contributed by atoms with E-state index in [9.17, 15) is 0 Å². The second-order valence-corrected chi connectivity index (χ2v) is 7.86. The quantitative estimate of drug-likeness (QED) is 0.848. The van der Waals surface area contributed by atoms with Crippen molar-refractivity contribution in [3.8, 4) is 0 Å². The molecule has 1 aliphatic heterocycles. The molecule has 0 atom stereocenters. The molecule has 1 fully saturated rings. The smallest absolute Gasteiger partial charge is 0.0700 e. The molecule has 22 heavy (non-hydrogen) atoms.